The molecule has 0 N–H and O–H groups in total. The number of ether oxygens (including phenoxy) is 1. The molecule has 0 fully saturated rings. The number of methoxy groups -OCH3 is 1. The van der Waals surface area contributed by atoms with Gasteiger partial charge in [-0.25, -0.2) is 0 Å². The molecule has 1 nitrogen and oxygen atoms in total. The van der Waals surface area contributed by atoms with Gasteiger partial charge in [-0.3, -0.25) is 0 Å². The van der Waals surface area contributed by atoms with Gasteiger partial charge >= 0.3 is 0 Å². The topological polar surface area (TPSA) is 9.23 Å². The van der Waals surface area contributed by atoms with Gasteiger partial charge in [-0.2, -0.15) is 0 Å². The van der Waals surface area contributed by atoms with Gasteiger partial charge in [0.1, 0.15) is 5.75 Å². The van der Waals surface area contributed by atoms with E-state index in [0.29, 0.717) is 0 Å². The molecule has 0 bridgehead atoms. The van der Waals surface area contributed by atoms with E-state index >= 15 is 0 Å². The van der Waals surface area contributed by atoms with Crippen molar-refractivity contribution in [1.82, 2.24) is 0 Å². The maximum atomic E-state index is 5.48. The minimum absolute atomic E-state index is 0.154. The van der Waals surface area contributed by atoms with E-state index in [0.717, 1.165) is 15.8 Å². The molecule has 20 heavy (non-hydrogen) atoms. The first kappa shape index (κ1) is 14.2. The maximum Gasteiger partial charge on any atom is 0.123 e. The average Bonchev–Trinajstić information content (AvgIpc) is 2.93. The number of aryl methyl sites for hydroxylation is 2. The van der Waals surface area contributed by atoms with Gasteiger partial charge in [0.2, 0.25) is 0 Å². The van der Waals surface area contributed by atoms with E-state index in [4.69, 9.17) is 4.74 Å². The summed E-state index contributed by atoms with van der Waals surface area (Å²) in [5, 5.41) is 0. The minimum Gasteiger partial charge on any atom is -0.496 e. The second kappa shape index (κ2) is 5.90. The highest BCUT2D eigenvalue weighted by Gasteiger charge is 2.18. The van der Waals surface area contributed by atoms with Gasteiger partial charge in [-0.05, 0) is 54.2 Å². The second-order valence-electron chi connectivity index (χ2n) is 5.13. The van der Waals surface area contributed by atoms with Crippen LogP contribution >= 0.6 is 31.9 Å². The Morgan fingerprint density at radius 2 is 1.85 bits per heavy atom. The molecule has 0 heterocycles. The first-order valence-corrected chi connectivity index (χ1v) is 8.49. The second-order valence-corrected chi connectivity index (χ2v) is 6.96. The summed E-state index contributed by atoms with van der Waals surface area (Å²) < 4.78 is 6.55. The number of hydrogen-bond acceptors (Lipinski definition) is 1. The Hall–Kier alpha value is -0.800. The fourth-order valence-corrected chi connectivity index (χ4v) is 3.85. The Kier molecular flexibility index (Phi) is 4.18. The molecule has 0 aromatic heterocycles. The average molecular weight is 396 g/mol. The molecule has 3 heteroatoms. The standard InChI is InChI=1S/C17H16Br2O/c1-20-16-8-7-14(18)10-15(16)17(19)13-6-5-11-3-2-4-12(11)9-13/h5-10,17H,2-4H2,1H3. The van der Waals surface area contributed by atoms with Crippen molar-refractivity contribution < 1.29 is 4.74 Å². The molecule has 2 aromatic rings. The van der Waals surface area contributed by atoms with Crippen LogP contribution < -0.4 is 4.74 Å². The first-order valence-electron chi connectivity index (χ1n) is 6.78. The lowest BCUT2D eigenvalue weighted by Crippen LogP contribution is -1.98. The molecule has 0 amide bonds. The smallest absolute Gasteiger partial charge is 0.123 e. The summed E-state index contributed by atoms with van der Waals surface area (Å²) in [6.07, 6.45) is 3.72. The highest BCUT2D eigenvalue weighted by atomic mass is 79.9. The molecular weight excluding hydrogens is 380 g/mol. The third-order valence-corrected chi connectivity index (χ3v) is 5.40. The molecule has 0 spiro atoms. The maximum absolute atomic E-state index is 5.48. The largest absolute Gasteiger partial charge is 0.496 e. The number of hydrogen-bond donors (Lipinski definition) is 0. The minimum atomic E-state index is 0.154. The van der Waals surface area contributed by atoms with Crippen molar-refractivity contribution in [1.29, 1.82) is 0 Å². The van der Waals surface area contributed by atoms with Gasteiger partial charge in [0, 0.05) is 10.0 Å². The Labute approximate surface area is 136 Å². The van der Waals surface area contributed by atoms with Gasteiger partial charge in [0.05, 0.1) is 11.9 Å². The summed E-state index contributed by atoms with van der Waals surface area (Å²) in [6.45, 7) is 0. The summed E-state index contributed by atoms with van der Waals surface area (Å²) in [5.41, 5.74) is 5.46. The van der Waals surface area contributed by atoms with E-state index in [-0.39, 0.29) is 4.83 Å². The van der Waals surface area contributed by atoms with Gasteiger partial charge < -0.3 is 4.74 Å². The zero-order valence-corrected chi connectivity index (χ0v) is 14.5. The third kappa shape index (κ3) is 2.66. The zero-order valence-electron chi connectivity index (χ0n) is 11.3. The summed E-state index contributed by atoms with van der Waals surface area (Å²) >= 11 is 7.37. The fourth-order valence-electron chi connectivity index (χ4n) is 2.83. The normalized spacial score (nSPS) is 14.9. The highest BCUT2D eigenvalue weighted by molar-refractivity contribution is 9.10. The van der Waals surface area contributed by atoms with Crippen LogP contribution in [-0.4, -0.2) is 7.11 Å². The van der Waals surface area contributed by atoms with Crippen LogP contribution in [0, 0.1) is 0 Å². The van der Waals surface area contributed by atoms with Crippen LogP contribution in [0.1, 0.15) is 33.5 Å². The van der Waals surface area contributed by atoms with Crippen molar-refractivity contribution in [3.8, 4) is 5.75 Å². The molecule has 0 saturated heterocycles. The quantitative estimate of drug-likeness (QED) is 0.629. The molecule has 104 valence electrons. The van der Waals surface area contributed by atoms with Crippen LogP contribution in [0.4, 0.5) is 0 Å². The van der Waals surface area contributed by atoms with E-state index in [1.807, 2.05) is 12.1 Å². The number of rotatable bonds is 3. The van der Waals surface area contributed by atoms with Gasteiger partial charge in [0.25, 0.3) is 0 Å². The van der Waals surface area contributed by atoms with Crippen LogP contribution in [0.15, 0.2) is 40.9 Å². The van der Waals surface area contributed by atoms with Crippen LogP contribution in [-0.2, 0) is 12.8 Å². The Morgan fingerprint density at radius 3 is 2.65 bits per heavy atom. The van der Waals surface area contributed by atoms with Crippen LogP contribution in [0.5, 0.6) is 5.75 Å². The molecule has 1 aliphatic carbocycles. The number of alkyl halides is 1. The van der Waals surface area contributed by atoms with Crippen molar-refractivity contribution in [3.05, 3.63) is 63.1 Å². The van der Waals surface area contributed by atoms with E-state index < -0.39 is 0 Å². The van der Waals surface area contributed by atoms with E-state index in [9.17, 15) is 0 Å². The molecule has 0 saturated carbocycles. The lowest BCUT2D eigenvalue weighted by molar-refractivity contribution is 0.410. The predicted molar refractivity (Wildman–Crippen MR) is 89.9 cm³/mol. The van der Waals surface area contributed by atoms with E-state index in [1.165, 1.54) is 36.0 Å². The molecular formula is C17H16Br2O. The molecule has 2 aromatic carbocycles. The number of benzene rings is 2. The summed E-state index contributed by atoms with van der Waals surface area (Å²) in [6, 6.07) is 13.0. The Balaban J connectivity index is 2.00. The summed E-state index contributed by atoms with van der Waals surface area (Å²) in [4.78, 5) is 0.154. The molecule has 0 radical (unpaired) electrons. The van der Waals surface area contributed by atoms with Crippen molar-refractivity contribution in [3.63, 3.8) is 0 Å². The van der Waals surface area contributed by atoms with Crippen molar-refractivity contribution in [2.45, 2.75) is 24.1 Å². The van der Waals surface area contributed by atoms with Crippen molar-refractivity contribution in [2.75, 3.05) is 7.11 Å². The highest BCUT2D eigenvalue weighted by Crippen LogP contribution is 2.39. The van der Waals surface area contributed by atoms with Crippen LogP contribution in [0.25, 0.3) is 0 Å². The van der Waals surface area contributed by atoms with Crippen LogP contribution in [0.2, 0.25) is 0 Å². The van der Waals surface area contributed by atoms with Gasteiger partial charge in [-0.1, -0.05) is 50.1 Å². The predicted octanol–water partition coefficient (Wildman–Crippen LogP) is 5.43. The zero-order chi connectivity index (χ0) is 14.1. The van der Waals surface area contributed by atoms with Crippen molar-refractivity contribution >= 4 is 31.9 Å². The van der Waals surface area contributed by atoms with E-state index in [2.05, 4.69) is 56.1 Å². The Morgan fingerprint density at radius 1 is 1.05 bits per heavy atom. The molecule has 1 atom stereocenters. The fraction of sp³-hybridized carbons (Fsp3) is 0.294. The lowest BCUT2D eigenvalue weighted by atomic mass is 10.00. The monoisotopic (exact) mass is 394 g/mol. The molecule has 3 rings (SSSR count). The molecule has 0 aliphatic heterocycles. The summed E-state index contributed by atoms with van der Waals surface area (Å²) in [7, 11) is 1.72. The SMILES string of the molecule is COc1ccc(Br)cc1C(Br)c1ccc2c(c1)CCC2. The van der Waals surface area contributed by atoms with E-state index in [1.54, 1.807) is 7.11 Å². The van der Waals surface area contributed by atoms with Gasteiger partial charge in [-0.15, -0.1) is 0 Å². The molecule has 1 aliphatic rings. The lowest BCUT2D eigenvalue weighted by Gasteiger charge is -2.16. The van der Waals surface area contributed by atoms with Gasteiger partial charge in [0.15, 0.2) is 0 Å². The molecule has 1 unspecified atom stereocenters. The Bertz CT molecular complexity index is 637. The third-order valence-electron chi connectivity index (χ3n) is 3.88. The number of fused-ring (bicyclic) bond motifs is 1. The van der Waals surface area contributed by atoms with Crippen LogP contribution in [0.3, 0.4) is 0 Å². The number of halogens is 2. The first-order chi connectivity index (χ1) is 9.69. The summed E-state index contributed by atoms with van der Waals surface area (Å²) in [5.74, 6) is 0.913. The van der Waals surface area contributed by atoms with Crippen molar-refractivity contribution in [2.24, 2.45) is 0 Å².